The second kappa shape index (κ2) is 16.8. The van der Waals surface area contributed by atoms with E-state index in [0.29, 0.717) is 6.42 Å². The fraction of sp³-hybridized carbons (Fsp3) is 0.643. The minimum Gasteiger partial charge on any atom is -0.744 e. The van der Waals surface area contributed by atoms with Crippen molar-refractivity contribution in [3.8, 4) is 0 Å². The summed E-state index contributed by atoms with van der Waals surface area (Å²) in [6.45, 7) is 4.45. The van der Waals surface area contributed by atoms with Gasteiger partial charge >= 0.3 is 0 Å². The van der Waals surface area contributed by atoms with E-state index in [1.54, 1.807) is 6.07 Å². The Bertz CT molecular complexity index is 909. The molecule has 182 valence electrons. The fourth-order valence-electron chi connectivity index (χ4n) is 4.74. The average molecular weight is 525 g/mol. The van der Waals surface area contributed by atoms with Gasteiger partial charge in [0, 0.05) is 19.5 Å². The van der Waals surface area contributed by atoms with Crippen LogP contribution in [0.2, 0.25) is 0 Å². The molecule has 3 nitrogen and oxygen atoms in total. The zero-order valence-corrected chi connectivity index (χ0v) is 24.8. The van der Waals surface area contributed by atoms with E-state index in [1.165, 1.54) is 64.2 Å². The van der Waals surface area contributed by atoms with Crippen molar-refractivity contribution >= 4 is 20.9 Å². The minimum absolute atomic E-state index is 0. The van der Waals surface area contributed by atoms with Crippen molar-refractivity contribution in [3.05, 3.63) is 41.5 Å². The van der Waals surface area contributed by atoms with Gasteiger partial charge in [-0.2, -0.15) is 0 Å². The first kappa shape index (κ1) is 30.3. The first-order valence-electron chi connectivity index (χ1n) is 13.0. The van der Waals surface area contributed by atoms with Crippen LogP contribution in [0.4, 0.5) is 0 Å². The summed E-state index contributed by atoms with van der Waals surface area (Å²) in [6, 6.07) is 9.55. The summed E-state index contributed by atoms with van der Waals surface area (Å²) in [5, 5.41) is 1.98. The number of benzene rings is 2. The average Bonchev–Trinajstić information content (AvgIpc) is 2.77. The van der Waals surface area contributed by atoms with Crippen molar-refractivity contribution in [3.63, 3.8) is 0 Å². The van der Waals surface area contributed by atoms with Gasteiger partial charge < -0.3 is 4.55 Å². The van der Waals surface area contributed by atoms with E-state index in [-0.39, 0.29) is 24.4 Å². The van der Waals surface area contributed by atoms with Gasteiger partial charge in [-0.3, -0.25) is 0 Å². The van der Waals surface area contributed by atoms with E-state index in [9.17, 15) is 13.0 Å². The quantitative estimate of drug-likeness (QED) is 0.119. The van der Waals surface area contributed by atoms with Crippen LogP contribution in [-0.2, 0) is 42.4 Å². The number of hydrogen-bond acceptors (Lipinski definition) is 3. The summed E-state index contributed by atoms with van der Waals surface area (Å²) in [6.07, 6.45) is 18.3. The van der Waals surface area contributed by atoms with Crippen LogP contribution in [0.15, 0.2) is 35.2 Å². The predicted octanol–water partition coefficient (Wildman–Crippen LogP) is 8.33. The van der Waals surface area contributed by atoms with E-state index < -0.39 is 10.1 Å². The van der Waals surface area contributed by atoms with Crippen LogP contribution >= 0.6 is 0 Å². The van der Waals surface area contributed by atoms with Crippen molar-refractivity contribution in [2.24, 2.45) is 0 Å². The maximum absolute atomic E-state index is 12.2. The Labute approximate surface area is 215 Å². The molecule has 33 heavy (non-hydrogen) atoms. The first-order chi connectivity index (χ1) is 15.5. The number of hydrogen-bond donors (Lipinski definition) is 0. The third-order valence-corrected chi connectivity index (χ3v) is 7.47. The summed E-state index contributed by atoms with van der Waals surface area (Å²) in [5.41, 5.74) is 1.88. The SMILES string of the molecule is CCCCCCCCCc1c(S(=O)(=O)[O-])cc2ccccc2c1CCCCCCCCC.[Zn]. The standard InChI is InChI=1S/C28H44O3S.Zn/c1-3-5-7-9-11-13-15-21-26-25-20-18-17-19-24(25)23-28(32(29,30)31)27(26)22-16-14-12-10-8-6-4-2;/h17-20,23H,3-16,21-22H2,1-2H3,(H,29,30,31);/p-1. The molecule has 0 bridgehead atoms. The molecule has 2 aromatic rings. The van der Waals surface area contributed by atoms with Crippen molar-refractivity contribution < 1.29 is 32.4 Å². The monoisotopic (exact) mass is 523 g/mol. The van der Waals surface area contributed by atoms with E-state index in [4.69, 9.17) is 0 Å². The molecule has 5 heteroatoms. The maximum Gasteiger partial charge on any atom is 0.124 e. The van der Waals surface area contributed by atoms with Crippen LogP contribution < -0.4 is 0 Å². The van der Waals surface area contributed by atoms with Gasteiger partial charge in [0.25, 0.3) is 0 Å². The largest absolute Gasteiger partial charge is 0.744 e. The third kappa shape index (κ3) is 10.6. The number of rotatable bonds is 17. The predicted molar refractivity (Wildman–Crippen MR) is 135 cm³/mol. The van der Waals surface area contributed by atoms with Crippen molar-refractivity contribution in [2.45, 2.75) is 121 Å². The van der Waals surface area contributed by atoms with Crippen molar-refractivity contribution in [1.82, 2.24) is 0 Å². The summed E-state index contributed by atoms with van der Waals surface area (Å²) in [5.74, 6) is 0. The molecule has 0 saturated heterocycles. The van der Waals surface area contributed by atoms with Gasteiger partial charge in [0.05, 0.1) is 4.90 Å². The summed E-state index contributed by atoms with van der Waals surface area (Å²) in [4.78, 5) is 0.0140. The molecule has 0 unspecified atom stereocenters. The van der Waals surface area contributed by atoms with Crippen LogP contribution in [0.1, 0.15) is 115 Å². The molecule has 0 aliphatic rings. The Morgan fingerprint density at radius 2 is 1.12 bits per heavy atom. The molecule has 2 rings (SSSR count). The Kier molecular flexibility index (Phi) is 15.4. The summed E-state index contributed by atoms with van der Waals surface area (Å²) < 4.78 is 36.5. The molecule has 0 aromatic heterocycles. The molecule has 2 aromatic carbocycles. The zero-order valence-electron chi connectivity index (χ0n) is 21.0. The molecular weight excluding hydrogens is 482 g/mol. The summed E-state index contributed by atoms with van der Waals surface area (Å²) in [7, 11) is -4.50. The second-order valence-electron chi connectivity index (χ2n) is 9.25. The molecule has 0 radical (unpaired) electrons. The van der Waals surface area contributed by atoms with Crippen LogP contribution in [0, 0.1) is 0 Å². The van der Waals surface area contributed by atoms with Gasteiger partial charge in [0.15, 0.2) is 0 Å². The Hall–Kier alpha value is -0.767. The molecule has 0 heterocycles. The van der Waals surface area contributed by atoms with Crippen molar-refractivity contribution in [1.29, 1.82) is 0 Å². The Morgan fingerprint density at radius 3 is 1.64 bits per heavy atom. The number of aryl methyl sites for hydroxylation is 1. The summed E-state index contributed by atoms with van der Waals surface area (Å²) >= 11 is 0. The van der Waals surface area contributed by atoms with Gasteiger partial charge in [-0.15, -0.1) is 0 Å². The van der Waals surface area contributed by atoms with E-state index in [1.807, 2.05) is 18.2 Å². The molecular formula is C28H43O3SZn-. The third-order valence-electron chi connectivity index (χ3n) is 6.56. The minimum atomic E-state index is -4.50. The normalized spacial score (nSPS) is 11.6. The van der Waals surface area contributed by atoms with Crippen LogP contribution in [0.3, 0.4) is 0 Å². The molecule has 0 saturated carbocycles. The molecule has 0 amide bonds. The molecule has 0 aliphatic carbocycles. The van der Waals surface area contributed by atoms with Gasteiger partial charge in [0.1, 0.15) is 10.1 Å². The first-order valence-corrected chi connectivity index (χ1v) is 14.4. The molecule has 0 atom stereocenters. The van der Waals surface area contributed by atoms with Crippen molar-refractivity contribution in [2.75, 3.05) is 0 Å². The van der Waals surface area contributed by atoms with Crippen LogP contribution in [0.25, 0.3) is 10.8 Å². The van der Waals surface area contributed by atoms with E-state index in [0.717, 1.165) is 54.0 Å². The van der Waals surface area contributed by atoms with E-state index >= 15 is 0 Å². The molecule has 0 fully saturated rings. The smallest absolute Gasteiger partial charge is 0.124 e. The van der Waals surface area contributed by atoms with Gasteiger partial charge in [-0.1, -0.05) is 115 Å². The zero-order chi connectivity index (χ0) is 23.2. The number of unbranched alkanes of at least 4 members (excludes halogenated alkanes) is 12. The maximum atomic E-state index is 12.2. The molecule has 0 N–H and O–H groups in total. The molecule has 0 aliphatic heterocycles. The second-order valence-corrected chi connectivity index (χ2v) is 10.6. The Balaban J connectivity index is 0.00000544. The molecule has 0 spiro atoms. The van der Waals surface area contributed by atoms with Crippen LogP contribution in [-0.4, -0.2) is 13.0 Å². The van der Waals surface area contributed by atoms with E-state index in [2.05, 4.69) is 19.9 Å². The fourth-order valence-corrected chi connectivity index (χ4v) is 5.54. The topological polar surface area (TPSA) is 57.2 Å². The number of fused-ring (bicyclic) bond motifs is 1. The Morgan fingerprint density at radius 1 is 0.667 bits per heavy atom. The van der Waals surface area contributed by atoms with Gasteiger partial charge in [-0.05, 0) is 53.6 Å². The van der Waals surface area contributed by atoms with Gasteiger partial charge in [-0.25, -0.2) is 8.42 Å². The van der Waals surface area contributed by atoms with Crippen LogP contribution in [0.5, 0.6) is 0 Å². The van der Waals surface area contributed by atoms with Gasteiger partial charge in [0.2, 0.25) is 0 Å².